The molecule has 0 heterocycles. The summed E-state index contributed by atoms with van der Waals surface area (Å²) in [6.07, 6.45) is 5.85. The van der Waals surface area contributed by atoms with Crippen LogP contribution in [0.2, 0.25) is 0 Å². The van der Waals surface area contributed by atoms with Crippen molar-refractivity contribution in [1.29, 1.82) is 0 Å². The number of rotatable bonds is 4. The van der Waals surface area contributed by atoms with Gasteiger partial charge in [-0.15, -0.1) is 0 Å². The van der Waals surface area contributed by atoms with Gasteiger partial charge in [-0.05, 0) is 42.9 Å². The molecule has 1 aromatic carbocycles. The van der Waals surface area contributed by atoms with E-state index in [1.165, 1.54) is 25.0 Å². The molecule has 0 atom stereocenters. The molecular formula is C15H19BrFNO. The molecule has 1 fully saturated rings. The first kappa shape index (κ1) is 14.5. The lowest BCUT2D eigenvalue weighted by molar-refractivity contribution is 0.0924. The molecule has 1 N–H and O–H groups in total. The van der Waals surface area contributed by atoms with Gasteiger partial charge in [-0.1, -0.05) is 35.7 Å². The summed E-state index contributed by atoms with van der Waals surface area (Å²) in [5, 5.41) is 2.90. The molecule has 1 saturated carbocycles. The van der Waals surface area contributed by atoms with E-state index in [4.69, 9.17) is 0 Å². The number of benzene rings is 1. The highest BCUT2D eigenvalue weighted by Crippen LogP contribution is 2.40. The van der Waals surface area contributed by atoms with Gasteiger partial charge in [0.1, 0.15) is 5.82 Å². The molecule has 1 aliphatic carbocycles. The molecule has 0 spiro atoms. The molecule has 0 radical (unpaired) electrons. The predicted molar refractivity (Wildman–Crippen MR) is 77.6 cm³/mol. The Balaban J connectivity index is 2.01. The molecule has 4 heteroatoms. The molecule has 2 nitrogen and oxygen atoms in total. The molecule has 1 aliphatic rings. The van der Waals surface area contributed by atoms with Gasteiger partial charge in [-0.3, -0.25) is 4.79 Å². The van der Waals surface area contributed by atoms with E-state index in [9.17, 15) is 9.18 Å². The average molecular weight is 328 g/mol. The van der Waals surface area contributed by atoms with E-state index < -0.39 is 5.82 Å². The highest BCUT2D eigenvalue weighted by Gasteiger charge is 2.32. The number of hydrogen-bond acceptors (Lipinski definition) is 1. The highest BCUT2D eigenvalue weighted by atomic mass is 79.9. The second-order valence-electron chi connectivity index (χ2n) is 5.37. The Hall–Kier alpha value is -0.900. The van der Waals surface area contributed by atoms with Gasteiger partial charge in [0, 0.05) is 11.0 Å². The zero-order valence-corrected chi connectivity index (χ0v) is 12.7. The fraction of sp³-hybridized carbons (Fsp3) is 0.533. The van der Waals surface area contributed by atoms with E-state index >= 15 is 0 Å². The van der Waals surface area contributed by atoms with Crippen molar-refractivity contribution in [3.05, 3.63) is 34.1 Å². The molecule has 1 aromatic rings. The summed E-state index contributed by atoms with van der Waals surface area (Å²) in [5.74, 6) is -0.798. The van der Waals surface area contributed by atoms with Crippen LogP contribution in [0.15, 0.2) is 22.7 Å². The highest BCUT2D eigenvalue weighted by molar-refractivity contribution is 9.10. The Labute approximate surface area is 121 Å². The van der Waals surface area contributed by atoms with Crippen LogP contribution < -0.4 is 5.32 Å². The minimum atomic E-state index is -0.483. The quantitative estimate of drug-likeness (QED) is 0.878. The van der Waals surface area contributed by atoms with Crippen molar-refractivity contribution in [2.45, 2.75) is 39.0 Å². The van der Waals surface area contributed by atoms with E-state index in [1.54, 1.807) is 6.07 Å². The summed E-state index contributed by atoms with van der Waals surface area (Å²) < 4.78 is 14.3. The van der Waals surface area contributed by atoms with Gasteiger partial charge in [0.05, 0.1) is 5.56 Å². The molecule has 2 rings (SSSR count). The zero-order valence-electron chi connectivity index (χ0n) is 11.1. The van der Waals surface area contributed by atoms with Crippen molar-refractivity contribution in [2.75, 3.05) is 6.54 Å². The summed E-state index contributed by atoms with van der Waals surface area (Å²) in [6.45, 7) is 2.82. The van der Waals surface area contributed by atoms with Crippen LogP contribution in [0.5, 0.6) is 0 Å². The first-order valence-corrected chi connectivity index (χ1v) is 7.59. The fourth-order valence-corrected chi connectivity index (χ4v) is 3.15. The largest absolute Gasteiger partial charge is 0.351 e. The Kier molecular flexibility index (Phi) is 4.61. The molecule has 104 valence electrons. The van der Waals surface area contributed by atoms with Crippen LogP contribution in [0.4, 0.5) is 4.39 Å². The molecule has 1 amide bonds. The van der Waals surface area contributed by atoms with Gasteiger partial charge in [0.2, 0.25) is 0 Å². The second kappa shape index (κ2) is 6.04. The number of carbonyl (C=O) groups excluding carboxylic acids is 1. The molecule has 0 aliphatic heterocycles. The van der Waals surface area contributed by atoms with E-state index in [1.807, 2.05) is 0 Å². The Bertz CT molecular complexity index is 469. The van der Waals surface area contributed by atoms with Crippen molar-refractivity contribution in [1.82, 2.24) is 5.32 Å². The van der Waals surface area contributed by atoms with Crippen LogP contribution in [0.3, 0.4) is 0 Å². The number of carbonyl (C=O) groups is 1. The zero-order chi connectivity index (χ0) is 13.9. The maximum absolute atomic E-state index is 13.7. The second-order valence-corrected chi connectivity index (χ2v) is 6.28. The van der Waals surface area contributed by atoms with Crippen molar-refractivity contribution >= 4 is 21.8 Å². The number of amides is 1. The molecule has 0 saturated heterocycles. The van der Waals surface area contributed by atoms with Crippen LogP contribution in [-0.4, -0.2) is 12.5 Å². The van der Waals surface area contributed by atoms with Crippen molar-refractivity contribution < 1.29 is 9.18 Å². The van der Waals surface area contributed by atoms with Crippen molar-refractivity contribution in [3.8, 4) is 0 Å². The van der Waals surface area contributed by atoms with Gasteiger partial charge < -0.3 is 5.32 Å². The van der Waals surface area contributed by atoms with Crippen LogP contribution in [0, 0.1) is 11.2 Å². The lowest BCUT2D eigenvalue weighted by Gasteiger charge is -2.27. The molecule has 0 aromatic heterocycles. The molecular weight excluding hydrogens is 309 g/mol. The third-order valence-electron chi connectivity index (χ3n) is 4.21. The standard InChI is InChI=1S/C15H19BrFNO/c1-2-15(7-3-4-8-15)10-18-14(19)12-6-5-11(16)9-13(12)17/h5-6,9H,2-4,7-8,10H2,1H3,(H,18,19). The normalized spacial score (nSPS) is 17.4. The lowest BCUT2D eigenvalue weighted by Crippen LogP contribution is -2.36. The Morgan fingerprint density at radius 2 is 2.11 bits per heavy atom. The summed E-state index contributed by atoms with van der Waals surface area (Å²) in [7, 11) is 0. The molecule has 19 heavy (non-hydrogen) atoms. The van der Waals surface area contributed by atoms with Crippen molar-refractivity contribution in [2.24, 2.45) is 5.41 Å². The molecule has 0 bridgehead atoms. The monoisotopic (exact) mass is 327 g/mol. The van der Waals surface area contributed by atoms with E-state index in [2.05, 4.69) is 28.2 Å². The van der Waals surface area contributed by atoms with E-state index in [-0.39, 0.29) is 16.9 Å². The van der Waals surface area contributed by atoms with Gasteiger partial charge in [0.25, 0.3) is 5.91 Å². The summed E-state index contributed by atoms with van der Waals surface area (Å²) >= 11 is 3.19. The average Bonchev–Trinajstić information content (AvgIpc) is 2.85. The third kappa shape index (κ3) is 3.35. The maximum Gasteiger partial charge on any atom is 0.254 e. The first-order valence-electron chi connectivity index (χ1n) is 6.79. The number of halogens is 2. The van der Waals surface area contributed by atoms with E-state index in [0.29, 0.717) is 11.0 Å². The maximum atomic E-state index is 13.7. The smallest absolute Gasteiger partial charge is 0.254 e. The van der Waals surface area contributed by atoms with E-state index in [0.717, 1.165) is 19.3 Å². The van der Waals surface area contributed by atoms with Crippen LogP contribution in [0.25, 0.3) is 0 Å². The Morgan fingerprint density at radius 1 is 1.42 bits per heavy atom. The van der Waals surface area contributed by atoms with Crippen LogP contribution in [-0.2, 0) is 0 Å². The van der Waals surface area contributed by atoms with Gasteiger partial charge in [0.15, 0.2) is 0 Å². The lowest BCUT2D eigenvalue weighted by atomic mass is 9.83. The SMILES string of the molecule is CCC1(CNC(=O)c2ccc(Br)cc2F)CCCC1. The number of hydrogen-bond donors (Lipinski definition) is 1. The first-order chi connectivity index (χ1) is 9.06. The Morgan fingerprint density at radius 3 is 2.68 bits per heavy atom. The predicted octanol–water partition coefficient (Wildman–Crippen LogP) is 4.29. The van der Waals surface area contributed by atoms with Crippen molar-refractivity contribution in [3.63, 3.8) is 0 Å². The third-order valence-corrected chi connectivity index (χ3v) is 4.71. The summed E-state index contributed by atoms with van der Waals surface area (Å²) in [4.78, 5) is 12.0. The van der Waals surface area contributed by atoms with Gasteiger partial charge in [-0.25, -0.2) is 4.39 Å². The minimum absolute atomic E-state index is 0.118. The topological polar surface area (TPSA) is 29.1 Å². The fourth-order valence-electron chi connectivity index (χ4n) is 2.82. The summed E-state index contributed by atoms with van der Waals surface area (Å²) in [6, 6.07) is 4.52. The minimum Gasteiger partial charge on any atom is -0.351 e. The van der Waals surface area contributed by atoms with Crippen LogP contribution >= 0.6 is 15.9 Å². The summed E-state index contributed by atoms with van der Waals surface area (Å²) in [5.41, 5.74) is 0.342. The number of nitrogens with one attached hydrogen (secondary N) is 1. The molecule has 0 unspecified atom stereocenters. The van der Waals surface area contributed by atoms with Crippen LogP contribution in [0.1, 0.15) is 49.4 Å². The van der Waals surface area contributed by atoms with Gasteiger partial charge in [-0.2, -0.15) is 0 Å². The van der Waals surface area contributed by atoms with Gasteiger partial charge >= 0.3 is 0 Å².